The number of alkyl halides is 2. The first kappa shape index (κ1) is 19.7. The third-order valence-corrected chi connectivity index (χ3v) is 5.37. The Hall–Kier alpha value is -2.03. The molecular weight excluding hydrogens is 390 g/mol. The van der Waals surface area contributed by atoms with Gasteiger partial charge in [0.05, 0.1) is 6.04 Å². The SMILES string of the molecule is O=C1NC[C@@H](C(=O)NC(c2ccc(F)c(Cl)c2F)C2CCC(F)(F)CC2)N1. The topological polar surface area (TPSA) is 70.2 Å². The number of urea groups is 1. The normalized spacial score (nSPS) is 23.4. The summed E-state index contributed by atoms with van der Waals surface area (Å²) in [5.74, 6) is -5.85. The fourth-order valence-corrected chi connectivity index (χ4v) is 3.67. The Morgan fingerprint density at radius 2 is 1.93 bits per heavy atom. The molecular formula is C17H18ClF4N3O2. The van der Waals surface area contributed by atoms with E-state index in [1.807, 2.05) is 0 Å². The number of carbonyl (C=O) groups is 2. The quantitative estimate of drug-likeness (QED) is 0.529. The third-order valence-electron chi connectivity index (χ3n) is 5.02. The van der Waals surface area contributed by atoms with Gasteiger partial charge in [-0.3, -0.25) is 4.79 Å². The van der Waals surface area contributed by atoms with Gasteiger partial charge < -0.3 is 16.0 Å². The fraction of sp³-hybridized carbons (Fsp3) is 0.529. The zero-order chi connectivity index (χ0) is 19.8. The van der Waals surface area contributed by atoms with Gasteiger partial charge in [-0.25, -0.2) is 22.4 Å². The van der Waals surface area contributed by atoms with Crippen molar-refractivity contribution < 1.29 is 27.2 Å². The standard InChI is InChI=1S/C17H18ClF4N3O2/c18-12-10(19)2-1-9(13(12)20)14(8-3-5-17(21,22)6-4-8)25-15(26)11-7-23-16(27)24-11/h1-2,8,11,14H,3-7H2,(H,25,26)(H2,23,24,27)/t11-,14?/m0/s1. The first-order chi connectivity index (χ1) is 12.7. The van der Waals surface area contributed by atoms with Gasteiger partial charge in [-0.1, -0.05) is 17.7 Å². The van der Waals surface area contributed by atoms with Gasteiger partial charge in [0, 0.05) is 24.9 Å². The highest BCUT2D eigenvalue weighted by atomic mass is 35.5. The Morgan fingerprint density at radius 3 is 2.52 bits per heavy atom. The van der Waals surface area contributed by atoms with Gasteiger partial charge >= 0.3 is 6.03 Å². The van der Waals surface area contributed by atoms with Gasteiger partial charge in [-0.05, 0) is 24.8 Å². The lowest BCUT2D eigenvalue weighted by Crippen LogP contribution is -2.46. The monoisotopic (exact) mass is 407 g/mol. The van der Waals surface area contributed by atoms with Gasteiger partial charge in [0.15, 0.2) is 0 Å². The minimum atomic E-state index is -2.80. The Morgan fingerprint density at radius 1 is 1.26 bits per heavy atom. The Bertz CT molecular complexity index is 752. The summed E-state index contributed by atoms with van der Waals surface area (Å²) < 4.78 is 55.1. The molecule has 1 heterocycles. The molecule has 1 aliphatic carbocycles. The lowest BCUT2D eigenvalue weighted by Gasteiger charge is -2.35. The molecule has 1 saturated carbocycles. The highest BCUT2D eigenvalue weighted by Crippen LogP contribution is 2.42. The van der Waals surface area contributed by atoms with Crippen LogP contribution in [0.5, 0.6) is 0 Å². The molecule has 3 N–H and O–H groups in total. The second kappa shape index (κ2) is 7.53. The van der Waals surface area contributed by atoms with E-state index in [4.69, 9.17) is 11.6 Å². The molecule has 0 spiro atoms. The summed E-state index contributed by atoms with van der Waals surface area (Å²) in [6, 6.07) is -0.233. The molecule has 1 aromatic carbocycles. The molecule has 3 amide bonds. The molecule has 2 aliphatic rings. The molecule has 0 aromatic heterocycles. The lowest BCUT2D eigenvalue weighted by atomic mass is 9.79. The molecule has 1 aliphatic heterocycles. The molecule has 1 aromatic rings. The first-order valence-electron chi connectivity index (χ1n) is 8.54. The van der Waals surface area contributed by atoms with Crippen LogP contribution in [0, 0.1) is 17.6 Å². The predicted molar refractivity (Wildman–Crippen MR) is 89.5 cm³/mol. The molecule has 5 nitrogen and oxygen atoms in total. The van der Waals surface area contributed by atoms with E-state index in [0.717, 1.165) is 12.1 Å². The van der Waals surface area contributed by atoms with E-state index in [1.54, 1.807) is 0 Å². The van der Waals surface area contributed by atoms with Crippen LogP contribution >= 0.6 is 11.6 Å². The van der Waals surface area contributed by atoms with Crippen LogP contribution in [0.15, 0.2) is 12.1 Å². The minimum absolute atomic E-state index is 0.0484. The summed E-state index contributed by atoms with van der Waals surface area (Å²) in [5.41, 5.74) is -0.0674. The summed E-state index contributed by atoms with van der Waals surface area (Å²) in [6.45, 7) is 0.0484. The molecule has 27 heavy (non-hydrogen) atoms. The fourth-order valence-electron chi connectivity index (χ4n) is 3.49. The maximum absolute atomic E-state index is 14.6. The Labute approximate surface area is 157 Å². The number of rotatable bonds is 4. The number of hydrogen-bond acceptors (Lipinski definition) is 2. The van der Waals surface area contributed by atoms with Crippen LogP contribution in [-0.4, -0.2) is 30.4 Å². The van der Waals surface area contributed by atoms with E-state index in [0.29, 0.717) is 0 Å². The molecule has 0 bridgehead atoms. The van der Waals surface area contributed by atoms with Crippen LogP contribution in [-0.2, 0) is 4.79 Å². The largest absolute Gasteiger partial charge is 0.347 e. The van der Waals surface area contributed by atoms with E-state index in [1.165, 1.54) is 0 Å². The number of carbonyl (C=O) groups excluding carboxylic acids is 2. The zero-order valence-electron chi connectivity index (χ0n) is 14.1. The summed E-state index contributed by atoms with van der Waals surface area (Å²) in [7, 11) is 0. The van der Waals surface area contributed by atoms with Crippen molar-refractivity contribution in [1.29, 1.82) is 0 Å². The van der Waals surface area contributed by atoms with Gasteiger partial charge in [0.1, 0.15) is 22.7 Å². The summed E-state index contributed by atoms with van der Waals surface area (Å²) in [4.78, 5) is 23.7. The molecule has 1 unspecified atom stereocenters. The smallest absolute Gasteiger partial charge is 0.315 e. The van der Waals surface area contributed by atoms with Crippen LogP contribution in [0.4, 0.5) is 22.4 Å². The van der Waals surface area contributed by atoms with Gasteiger partial charge in [-0.15, -0.1) is 0 Å². The number of hydrogen-bond donors (Lipinski definition) is 3. The highest BCUT2D eigenvalue weighted by Gasteiger charge is 2.40. The van der Waals surface area contributed by atoms with Crippen LogP contribution in [0.25, 0.3) is 0 Å². The summed E-state index contributed by atoms with van der Waals surface area (Å²) in [5, 5.41) is 6.73. The van der Waals surface area contributed by atoms with Gasteiger partial charge in [0.2, 0.25) is 11.8 Å². The molecule has 1 saturated heterocycles. The number of nitrogens with one attached hydrogen (secondary N) is 3. The average Bonchev–Trinajstić information content (AvgIpc) is 3.05. The summed E-state index contributed by atoms with van der Waals surface area (Å²) in [6.07, 6.45) is -0.659. The average molecular weight is 408 g/mol. The van der Waals surface area contributed by atoms with Crippen molar-refractivity contribution >= 4 is 23.5 Å². The number of amides is 3. The molecule has 148 valence electrons. The van der Waals surface area contributed by atoms with E-state index >= 15 is 0 Å². The van der Waals surface area contributed by atoms with Gasteiger partial charge in [0.25, 0.3) is 0 Å². The van der Waals surface area contributed by atoms with Crippen molar-refractivity contribution in [3.05, 3.63) is 34.4 Å². The van der Waals surface area contributed by atoms with Gasteiger partial charge in [-0.2, -0.15) is 0 Å². The molecule has 3 rings (SSSR count). The van der Waals surface area contributed by atoms with Crippen LogP contribution in [0.2, 0.25) is 5.02 Å². The molecule has 10 heteroatoms. The molecule has 2 atom stereocenters. The zero-order valence-corrected chi connectivity index (χ0v) is 14.9. The van der Waals surface area contributed by atoms with Crippen molar-refractivity contribution in [2.45, 2.75) is 43.7 Å². The minimum Gasteiger partial charge on any atom is -0.347 e. The maximum atomic E-state index is 14.6. The van der Waals surface area contributed by atoms with Crippen molar-refractivity contribution in [2.75, 3.05) is 6.54 Å². The van der Waals surface area contributed by atoms with Crippen molar-refractivity contribution in [1.82, 2.24) is 16.0 Å². The Balaban J connectivity index is 1.86. The molecule has 0 radical (unpaired) electrons. The summed E-state index contributed by atoms with van der Waals surface area (Å²) >= 11 is 5.64. The van der Waals surface area contributed by atoms with Crippen LogP contribution in [0.1, 0.15) is 37.3 Å². The lowest BCUT2D eigenvalue weighted by molar-refractivity contribution is -0.124. The van der Waals surface area contributed by atoms with E-state index in [-0.39, 0.29) is 37.8 Å². The van der Waals surface area contributed by atoms with Crippen molar-refractivity contribution in [2.24, 2.45) is 5.92 Å². The van der Waals surface area contributed by atoms with Crippen molar-refractivity contribution in [3.8, 4) is 0 Å². The van der Waals surface area contributed by atoms with Crippen LogP contribution < -0.4 is 16.0 Å². The Kier molecular flexibility index (Phi) is 5.50. The maximum Gasteiger partial charge on any atom is 0.315 e. The number of benzene rings is 1. The molecule has 2 fully saturated rings. The second-order valence-corrected chi connectivity index (χ2v) is 7.23. The predicted octanol–water partition coefficient (Wildman–Crippen LogP) is 3.28. The van der Waals surface area contributed by atoms with E-state index < -0.39 is 52.5 Å². The second-order valence-electron chi connectivity index (χ2n) is 6.85. The van der Waals surface area contributed by atoms with E-state index in [9.17, 15) is 27.2 Å². The first-order valence-corrected chi connectivity index (χ1v) is 8.92. The highest BCUT2D eigenvalue weighted by molar-refractivity contribution is 6.31. The van der Waals surface area contributed by atoms with Crippen LogP contribution in [0.3, 0.4) is 0 Å². The van der Waals surface area contributed by atoms with E-state index in [2.05, 4.69) is 16.0 Å². The number of halogens is 5. The third kappa shape index (κ3) is 4.28. The van der Waals surface area contributed by atoms with Crippen molar-refractivity contribution in [3.63, 3.8) is 0 Å².